The van der Waals surface area contributed by atoms with Crippen LogP contribution in [0.1, 0.15) is 110 Å². The third kappa shape index (κ3) is 14.7. The van der Waals surface area contributed by atoms with Crippen LogP contribution < -0.4 is 4.74 Å². The summed E-state index contributed by atoms with van der Waals surface area (Å²) in [7, 11) is 0. The molecule has 1 rings (SSSR count). The molecule has 6 heteroatoms. The Morgan fingerprint density at radius 1 is 0.688 bits per heavy atom. The van der Waals surface area contributed by atoms with Crippen LogP contribution in [0.4, 0.5) is 0 Å². The van der Waals surface area contributed by atoms with Crippen LogP contribution in [0.3, 0.4) is 0 Å². The maximum absolute atomic E-state index is 11.9. The van der Waals surface area contributed by atoms with E-state index in [9.17, 15) is 9.59 Å². The van der Waals surface area contributed by atoms with Crippen molar-refractivity contribution in [1.29, 1.82) is 0 Å². The molecule has 0 saturated heterocycles. The number of rotatable bonds is 19. The highest BCUT2D eigenvalue weighted by atomic mass is 35.5. The van der Waals surface area contributed by atoms with Gasteiger partial charge in [-0.2, -0.15) is 0 Å². The number of para-hydroxylation sites is 1. The molecule has 182 valence electrons. The van der Waals surface area contributed by atoms with E-state index < -0.39 is 0 Å². The fourth-order valence-corrected chi connectivity index (χ4v) is 3.96. The fourth-order valence-electron chi connectivity index (χ4n) is 3.48. The van der Waals surface area contributed by atoms with E-state index in [1.54, 1.807) is 18.2 Å². The molecule has 0 N–H and O–H groups in total. The van der Waals surface area contributed by atoms with Crippen molar-refractivity contribution in [2.75, 3.05) is 6.61 Å². The largest absolute Gasteiger partial charge is 0.466 e. The first-order valence-corrected chi connectivity index (χ1v) is 13.1. The van der Waals surface area contributed by atoms with Crippen LogP contribution in [0, 0.1) is 0 Å². The molecule has 0 aliphatic heterocycles. The quantitative estimate of drug-likeness (QED) is 0.111. The maximum atomic E-state index is 11.9. The van der Waals surface area contributed by atoms with Crippen LogP contribution in [0.25, 0.3) is 0 Å². The van der Waals surface area contributed by atoms with Gasteiger partial charge in [-0.05, 0) is 31.4 Å². The molecular weight excluding hydrogens is 447 g/mol. The van der Waals surface area contributed by atoms with Crippen LogP contribution in [0.15, 0.2) is 18.2 Å². The summed E-state index contributed by atoms with van der Waals surface area (Å²) >= 11 is 12.0. The molecule has 1 aromatic rings. The van der Waals surface area contributed by atoms with Gasteiger partial charge in [0.2, 0.25) is 0 Å². The normalized spacial score (nSPS) is 10.8. The van der Waals surface area contributed by atoms with Gasteiger partial charge in [0.05, 0.1) is 16.7 Å². The zero-order valence-electron chi connectivity index (χ0n) is 19.6. The van der Waals surface area contributed by atoms with Crippen molar-refractivity contribution in [2.45, 2.75) is 110 Å². The van der Waals surface area contributed by atoms with Gasteiger partial charge in [-0.3, -0.25) is 9.59 Å². The van der Waals surface area contributed by atoms with Gasteiger partial charge in [0.1, 0.15) is 0 Å². The van der Waals surface area contributed by atoms with Crippen molar-refractivity contribution in [1.82, 2.24) is 0 Å². The van der Waals surface area contributed by atoms with E-state index in [0.29, 0.717) is 29.5 Å². The Morgan fingerprint density at radius 2 is 1.16 bits per heavy atom. The van der Waals surface area contributed by atoms with E-state index in [0.717, 1.165) is 51.4 Å². The van der Waals surface area contributed by atoms with Gasteiger partial charge in [-0.1, -0.05) is 107 Å². The molecule has 0 fully saturated rings. The lowest BCUT2D eigenvalue weighted by Gasteiger charge is -2.08. The molecular formula is C26H40Cl2O4. The van der Waals surface area contributed by atoms with Crippen LogP contribution in [0.2, 0.25) is 10.0 Å². The lowest BCUT2D eigenvalue weighted by Crippen LogP contribution is -2.08. The second-order valence-electron chi connectivity index (χ2n) is 8.34. The molecule has 0 atom stereocenters. The zero-order valence-corrected chi connectivity index (χ0v) is 21.2. The van der Waals surface area contributed by atoms with Crippen molar-refractivity contribution >= 4 is 35.1 Å². The smallest absolute Gasteiger partial charge is 0.311 e. The van der Waals surface area contributed by atoms with E-state index in [4.69, 9.17) is 32.7 Å². The predicted molar refractivity (Wildman–Crippen MR) is 133 cm³/mol. The summed E-state index contributed by atoms with van der Waals surface area (Å²) in [6.45, 7) is 2.79. The Hall–Kier alpha value is -1.26. The number of esters is 2. The summed E-state index contributed by atoms with van der Waals surface area (Å²) in [4.78, 5) is 23.7. The Balaban J connectivity index is 1.90. The third-order valence-electron chi connectivity index (χ3n) is 5.41. The van der Waals surface area contributed by atoms with E-state index >= 15 is 0 Å². The van der Waals surface area contributed by atoms with E-state index in [1.807, 2.05) is 0 Å². The Kier molecular flexibility index (Phi) is 17.3. The minimum atomic E-state index is -0.320. The van der Waals surface area contributed by atoms with Gasteiger partial charge in [0, 0.05) is 12.8 Å². The van der Waals surface area contributed by atoms with Crippen molar-refractivity contribution in [3.63, 3.8) is 0 Å². The SMILES string of the molecule is CCCCCCCCCCOC(=O)CCCCCCCCC(=O)Oc1c(Cl)cccc1Cl. The van der Waals surface area contributed by atoms with Crippen LogP contribution in [0.5, 0.6) is 5.75 Å². The molecule has 0 spiro atoms. The minimum Gasteiger partial charge on any atom is -0.466 e. The second-order valence-corrected chi connectivity index (χ2v) is 9.16. The summed E-state index contributed by atoms with van der Waals surface area (Å²) in [5.74, 6) is -0.164. The summed E-state index contributed by atoms with van der Waals surface area (Å²) < 4.78 is 10.6. The topological polar surface area (TPSA) is 52.6 Å². The number of ether oxygens (including phenoxy) is 2. The first-order chi connectivity index (χ1) is 15.5. The molecule has 0 saturated carbocycles. The average Bonchev–Trinajstić information content (AvgIpc) is 2.77. The Labute approximate surface area is 204 Å². The van der Waals surface area contributed by atoms with Gasteiger partial charge in [-0.25, -0.2) is 0 Å². The van der Waals surface area contributed by atoms with Gasteiger partial charge in [0.15, 0.2) is 5.75 Å². The monoisotopic (exact) mass is 486 g/mol. The number of carbonyl (C=O) groups is 2. The lowest BCUT2D eigenvalue weighted by molar-refractivity contribution is -0.144. The van der Waals surface area contributed by atoms with Crippen molar-refractivity contribution < 1.29 is 19.1 Å². The fraction of sp³-hybridized carbons (Fsp3) is 0.692. The standard InChI is InChI=1S/C26H40Cl2O4/c1-2-3-4-5-6-9-12-15-21-31-24(29)19-13-10-7-8-11-14-20-25(30)32-26-22(27)17-16-18-23(26)28/h16-18H,2-15,19-21H2,1H3. The number of benzene rings is 1. The number of hydrogen-bond acceptors (Lipinski definition) is 4. The molecule has 0 heterocycles. The van der Waals surface area contributed by atoms with Gasteiger partial charge >= 0.3 is 11.9 Å². The molecule has 0 aliphatic carbocycles. The highest BCUT2D eigenvalue weighted by molar-refractivity contribution is 6.37. The van der Waals surface area contributed by atoms with E-state index in [1.165, 1.54) is 38.5 Å². The molecule has 1 aromatic carbocycles. The molecule has 0 amide bonds. The van der Waals surface area contributed by atoms with Crippen molar-refractivity contribution in [3.05, 3.63) is 28.2 Å². The van der Waals surface area contributed by atoms with Gasteiger partial charge in [0.25, 0.3) is 0 Å². The second kappa shape index (κ2) is 19.2. The lowest BCUT2D eigenvalue weighted by atomic mass is 10.1. The summed E-state index contributed by atoms with van der Waals surface area (Å²) in [5, 5.41) is 0.671. The highest BCUT2D eigenvalue weighted by Gasteiger charge is 2.11. The Morgan fingerprint density at radius 3 is 1.72 bits per heavy atom. The molecule has 32 heavy (non-hydrogen) atoms. The Bertz CT molecular complexity index is 628. The first-order valence-electron chi connectivity index (χ1n) is 12.3. The number of hydrogen-bond donors (Lipinski definition) is 0. The van der Waals surface area contributed by atoms with Crippen LogP contribution in [-0.2, 0) is 14.3 Å². The number of carbonyl (C=O) groups excluding carboxylic acids is 2. The number of halogens is 2. The average molecular weight is 488 g/mol. The molecule has 0 bridgehead atoms. The van der Waals surface area contributed by atoms with Crippen molar-refractivity contribution in [3.8, 4) is 5.75 Å². The first kappa shape index (κ1) is 28.8. The van der Waals surface area contributed by atoms with Crippen molar-refractivity contribution in [2.24, 2.45) is 0 Å². The minimum absolute atomic E-state index is 0.0751. The van der Waals surface area contributed by atoms with E-state index in [-0.39, 0.29) is 17.7 Å². The summed E-state index contributed by atoms with van der Waals surface area (Å²) in [6, 6.07) is 4.99. The zero-order chi connectivity index (χ0) is 23.4. The third-order valence-corrected chi connectivity index (χ3v) is 6.00. The number of unbranched alkanes of at least 4 members (excludes halogenated alkanes) is 12. The maximum Gasteiger partial charge on any atom is 0.311 e. The van der Waals surface area contributed by atoms with Gasteiger partial charge in [-0.15, -0.1) is 0 Å². The molecule has 0 aromatic heterocycles. The molecule has 4 nitrogen and oxygen atoms in total. The van der Waals surface area contributed by atoms with Gasteiger partial charge < -0.3 is 9.47 Å². The predicted octanol–water partition coefficient (Wildman–Crippen LogP) is 8.70. The summed E-state index contributed by atoms with van der Waals surface area (Å²) in [6.07, 6.45) is 16.5. The summed E-state index contributed by atoms with van der Waals surface area (Å²) in [5.41, 5.74) is 0. The van der Waals surface area contributed by atoms with Crippen LogP contribution >= 0.6 is 23.2 Å². The molecule has 0 aliphatic rings. The molecule has 0 radical (unpaired) electrons. The van der Waals surface area contributed by atoms with Crippen LogP contribution in [-0.4, -0.2) is 18.5 Å². The molecule has 0 unspecified atom stereocenters. The van der Waals surface area contributed by atoms with E-state index in [2.05, 4.69) is 6.92 Å². The highest BCUT2D eigenvalue weighted by Crippen LogP contribution is 2.32.